The minimum absolute atomic E-state index is 0.180. The maximum absolute atomic E-state index is 13.0. The molecule has 3 nitrogen and oxygen atoms in total. The molecule has 0 radical (unpaired) electrons. The Bertz CT molecular complexity index is 534. The summed E-state index contributed by atoms with van der Waals surface area (Å²) in [5, 5.41) is 3.32. The van der Waals surface area contributed by atoms with Crippen LogP contribution in [-0.2, 0) is 13.0 Å². The molecule has 0 amide bonds. The van der Waals surface area contributed by atoms with Crippen LogP contribution in [0.2, 0.25) is 0 Å². The van der Waals surface area contributed by atoms with Crippen molar-refractivity contribution in [3.05, 3.63) is 47.5 Å². The molecule has 1 aromatic carbocycles. The third kappa shape index (κ3) is 3.81. The number of hydrogen-bond donors (Lipinski definition) is 1. The van der Waals surface area contributed by atoms with Gasteiger partial charge in [0.25, 0.3) is 0 Å². The Morgan fingerprint density at radius 2 is 2.21 bits per heavy atom. The maximum atomic E-state index is 13.0. The predicted octanol–water partition coefficient (Wildman–Crippen LogP) is 3.40. The van der Waals surface area contributed by atoms with E-state index in [1.54, 1.807) is 12.1 Å². The zero-order valence-corrected chi connectivity index (χ0v) is 11.5. The molecule has 1 aromatic heterocycles. The topological polar surface area (TPSA) is 29.9 Å². The summed E-state index contributed by atoms with van der Waals surface area (Å²) in [5.74, 6) is 0.719. The third-order valence-electron chi connectivity index (χ3n) is 2.95. The second kappa shape index (κ2) is 6.36. The van der Waals surface area contributed by atoms with Gasteiger partial charge in [-0.25, -0.2) is 9.37 Å². The van der Waals surface area contributed by atoms with Crippen molar-refractivity contribution < 1.29 is 4.39 Å². The molecule has 2 rings (SSSR count). The zero-order valence-electron chi connectivity index (χ0n) is 11.5. The molecule has 1 N–H and O–H groups in total. The van der Waals surface area contributed by atoms with E-state index in [1.807, 2.05) is 19.2 Å². The summed E-state index contributed by atoms with van der Waals surface area (Å²) in [4.78, 5) is 4.46. The first-order valence-corrected chi connectivity index (χ1v) is 6.71. The summed E-state index contributed by atoms with van der Waals surface area (Å²) in [7, 11) is 0. The van der Waals surface area contributed by atoms with Gasteiger partial charge in [-0.05, 0) is 37.5 Å². The summed E-state index contributed by atoms with van der Waals surface area (Å²) in [6.07, 6.45) is 3.91. The van der Waals surface area contributed by atoms with Gasteiger partial charge < -0.3 is 9.88 Å². The summed E-state index contributed by atoms with van der Waals surface area (Å²) in [6, 6.07) is 6.72. The normalized spacial score (nSPS) is 10.7. The Morgan fingerprint density at radius 1 is 1.37 bits per heavy atom. The van der Waals surface area contributed by atoms with Crippen LogP contribution in [0.15, 0.2) is 30.5 Å². The van der Waals surface area contributed by atoms with Gasteiger partial charge in [0.2, 0.25) is 5.95 Å². The first kappa shape index (κ1) is 13.6. The van der Waals surface area contributed by atoms with E-state index in [-0.39, 0.29) is 5.82 Å². The Labute approximate surface area is 113 Å². The molecule has 0 unspecified atom stereocenters. The van der Waals surface area contributed by atoms with Gasteiger partial charge in [0.1, 0.15) is 5.82 Å². The van der Waals surface area contributed by atoms with Crippen LogP contribution in [0.4, 0.5) is 10.3 Å². The van der Waals surface area contributed by atoms with Gasteiger partial charge in [-0.2, -0.15) is 0 Å². The number of imidazole rings is 1. The monoisotopic (exact) mass is 261 g/mol. The highest BCUT2D eigenvalue weighted by Crippen LogP contribution is 2.10. The number of hydrogen-bond acceptors (Lipinski definition) is 2. The zero-order chi connectivity index (χ0) is 13.7. The first-order valence-electron chi connectivity index (χ1n) is 6.71. The number of nitrogens with one attached hydrogen (secondary N) is 1. The number of aryl methyl sites for hydroxylation is 2. The molecule has 0 fully saturated rings. The van der Waals surface area contributed by atoms with Gasteiger partial charge in [0, 0.05) is 19.3 Å². The number of halogens is 1. The van der Waals surface area contributed by atoms with Crippen LogP contribution in [0.1, 0.15) is 24.6 Å². The van der Waals surface area contributed by atoms with Gasteiger partial charge in [0.15, 0.2) is 0 Å². The van der Waals surface area contributed by atoms with Crippen molar-refractivity contribution in [2.45, 2.75) is 33.2 Å². The SMILES string of the molecule is CCCn1cc(C)nc1NCCc1cccc(F)c1. The lowest BCUT2D eigenvalue weighted by molar-refractivity contribution is 0.625. The first-order chi connectivity index (χ1) is 9.19. The third-order valence-corrected chi connectivity index (χ3v) is 2.95. The van der Waals surface area contributed by atoms with E-state index in [4.69, 9.17) is 0 Å². The summed E-state index contributed by atoms with van der Waals surface area (Å²) in [6.45, 7) is 5.85. The van der Waals surface area contributed by atoms with E-state index >= 15 is 0 Å². The molecule has 0 aliphatic heterocycles. The van der Waals surface area contributed by atoms with Crippen LogP contribution < -0.4 is 5.32 Å². The lowest BCUT2D eigenvalue weighted by Crippen LogP contribution is -2.10. The fraction of sp³-hybridized carbons (Fsp3) is 0.400. The molecule has 19 heavy (non-hydrogen) atoms. The largest absolute Gasteiger partial charge is 0.355 e. The molecule has 2 aromatic rings. The van der Waals surface area contributed by atoms with Crippen LogP contribution >= 0.6 is 0 Å². The van der Waals surface area contributed by atoms with Crippen molar-refractivity contribution in [1.29, 1.82) is 0 Å². The fourth-order valence-electron chi connectivity index (χ4n) is 2.11. The van der Waals surface area contributed by atoms with Gasteiger partial charge >= 0.3 is 0 Å². The van der Waals surface area contributed by atoms with Gasteiger partial charge in [-0.1, -0.05) is 19.1 Å². The van der Waals surface area contributed by atoms with E-state index < -0.39 is 0 Å². The molecule has 0 saturated heterocycles. The van der Waals surface area contributed by atoms with Crippen molar-refractivity contribution in [3.63, 3.8) is 0 Å². The van der Waals surface area contributed by atoms with Crippen LogP contribution in [0.25, 0.3) is 0 Å². The number of anilines is 1. The Morgan fingerprint density at radius 3 is 2.95 bits per heavy atom. The number of rotatable bonds is 6. The molecule has 1 heterocycles. The van der Waals surface area contributed by atoms with Crippen LogP contribution in [-0.4, -0.2) is 16.1 Å². The van der Waals surface area contributed by atoms with Crippen LogP contribution in [0.5, 0.6) is 0 Å². The van der Waals surface area contributed by atoms with E-state index in [1.165, 1.54) is 6.07 Å². The molecule has 0 saturated carbocycles. The Kier molecular flexibility index (Phi) is 4.55. The Hall–Kier alpha value is -1.84. The second-order valence-electron chi connectivity index (χ2n) is 4.71. The van der Waals surface area contributed by atoms with Crippen LogP contribution in [0.3, 0.4) is 0 Å². The van der Waals surface area contributed by atoms with E-state index in [2.05, 4.69) is 21.8 Å². The lowest BCUT2D eigenvalue weighted by Gasteiger charge is -2.08. The molecule has 4 heteroatoms. The van der Waals surface area contributed by atoms with Crippen LogP contribution in [0, 0.1) is 12.7 Å². The summed E-state index contributed by atoms with van der Waals surface area (Å²) >= 11 is 0. The van der Waals surface area contributed by atoms with Gasteiger partial charge in [0.05, 0.1) is 5.69 Å². The quantitative estimate of drug-likeness (QED) is 0.863. The molecule has 0 aliphatic carbocycles. The predicted molar refractivity (Wildman–Crippen MR) is 75.8 cm³/mol. The van der Waals surface area contributed by atoms with Crippen molar-refractivity contribution in [1.82, 2.24) is 9.55 Å². The molecule has 0 bridgehead atoms. The summed E-state index contributed by atoms with van der Waals surface area (Å²) in [5.41, 5.74) is 2.01. The minimum atomic E-state index is -0.180. The van der Waals surface area contributed by atoms with Crippen molar-refractivity contribution in [3.8, 4) is 0 Å². The smallest absolute Gasteiger partial charge is 0.203 e. The summed E-state index contributed by atoms with van der Waals surface area (Å²) < 4.78 is 15.2. The number of nitrogens with zero attached hydrogens (tertiary/aromatic N) is 2. The van der Waals surface area contributed by atoms with E-state index in [9.17, 15) is 4.39 Å². The van der Waals surface area contributed by atoms with E-state index in [0.29, 0.717) is 0 Å². The maximum Gasteiger partial charge on any atom is 0.203 e. The minimum Gasteiger partial charge on any atom is -0.355 e. The highest BCUT2D eigenvalue weighted by Gasteiger charge is 2.04. The number of benzene rings is 1. The lowest BCUT2D eigenvalue weighted by atomic mass is 10.1. The molecular formula is C15H20FN3. The molecule has 102 valence electrons. The highest BCUT2D eigenvalue weighted by molar-refractivity contribution is 5.29. The molecule has 0 spiro atoms. The molecule has 0 aliphatic rings. The Balaban J connectivity index is 1.92. The average molecular weight is 261 g/mol. The fourth-order valence-corrected chi connectivity index (χ4v) is 2.11. The second-order valence-corrected chi connectivity index (χ2v) is 4.71. The highest BCUT2D eigenvalue weighted by atomic mass is 19.1. The van der Waals surface area contributed by atoms with Crippen molar-refractivity contribution >= 4 is 5.95 Å². The number of aromatic nitrogens is 2. The van der Waals surface area contributed by atoms with E-state index in [0.717, 1.165) is 43.1 Å². The standard InChI is InChI=1S/C15H20FN3/c1-3-9-19-11-12(2)18-15(19)17-8-7-13-5-4-6-14(16)10-13/h4-6,10-11H,3,7-9H2,1-2H3,(H,17,18). The average Bonchev–Trinajstić information content (AvgIpc) is 2.70. The molecule has 0 atom stereocenters. The molecular weight excluding hydrogens is 241 g/mol. The van der Waals surface area contributed by atoms with Gasteiger partial charge in [-0.3, -0.25) is 0 Å². The van der Waals surface area contributed by atoms with Crippen molar-refractivity contribution in [2.75, 3.05) is 11.9 Å². The van der Waals surface area contributed by atoms with Crippen molar-refractivity contribution in [2.24, 2.45) is 0 Å². The van der Waals surface area contributed by atoms with Gasteiger partial charge in [-0.15, -0.1) is 0 Å².